The lowest BCUT2D eigenvalue weighted by Crippen LogP contribution is -2.20. The maximum absolute atomic E-state index is 5.62. The predicted molar refractivity (Wildman–Crippen MR) is 75.2 cm³/mol. The summed E-state index contributed by atoms with van der Waals surface area (Å²) in [6.45, 7) is 6.83. The molecule has 1 rings (SSSR count). The van der Waals surface area contributed by atoms with Crippen LogP contribution < -0.4 is 0 Å². The minimum absolute atomic E-state index is 0.423. The van der Waals surface area contributed by atoms with Gasteiger partial charge < -0.3 is 4.74 Å². The van der Waals surface area contributed by atoms with E-state index in [9.17, 15) is 0 Å². The van der Waals surface area contributed by atoms with Crippen molar-refractivity contribution >= 4 is 0 Å². The van der Waals surface area contributed by atoms with Crippen LogP contribution in [0.5, 0.6) is 0 Å². The van der Waals surface area contributed by atoms with Crippen molar-refractivity contribution in [1.82, 2.24) is 0 Å². The third-order valence-electron chi connectivity index (χ3n) is 3.91. The first-order chi connectivity index (χ1) is 8.13. The van der Waals surface area contributed by atoms with E-state index in [1.54, 1.807) is 5.57 Å². The molecule has 0 saturated carbocycles. The Bertz CT molecular complexity index is 275. The average Bonchev–Trinajstić information content (AvgIpc) is 2.30. The van der Waals surface area contributed by atoms with E-state index in [0.717, 1.165) is 12.8 Å². The van der Waals surface area contributed by atoms with Gasteiger partial charge in [0, 0.05) is 7.11 Å². The first kappa shape index (κ1) is 14.5. The first-order valence-corrected chi connectivity index (χ1v) is 6.97. The maximum Gasteiger partial charge on any atom is 0.0599 e. The number of allylic oxidation sites excluding steroid dienone is 4. The highest BCUT2D eigenvalue weighted by atomic mass is 16.5. The van der Waals surface area contributed by atoms with Gasteiger partial charge in [0.15, 0.2) is 0 Å². The number of hydrogen-bond acceptors (Lipinski definition) is 1. The predicted octanol–water partition coefficient (Wildman–Crippen LogP) is 4.88. The second kappa shape index (κ2) is 7.71. The standard InChI is InChI=1S/C16H28O/c1-13-7-5-9-15(3)16(17-4)10-6-8-14(2)12-11-13/h7-8,15-16H,5-6,9-12H2,1-4H3/b13-7-,14-8+. The van der Waals surface area contributed by atoms with Gasteiger partial charge in [-0.05, 0) is 58.3 Å². The number of rotatable bonds is 1. The van der Waals surface area contributed by atoms with E-state index >= 15 is 0 Å². The molecule has 1 nitrogen and oxygen atoms in total. The quantitative estimate of drug-likeness (QED) is 0.589. The zero-order valence-corrected chi connectivity index (χ0v) is 12.0. The minimum Gasteiger partial charge on any atom is -0.381 e. The molecule has 0 amide bonds. The van der Waals surface area contributed by atoms with Crippen LogP contribution in [-0.4, -0.2) is 13.2 Å². The first-order valence-electron chi connectivity index (χ1n) is 6.97. The van der Waals surface area contributed by atoms with Gasteiger partial charge in [0.2, 0.25) is 0 Å². The fourth-order valence-electron chi connectivity index (χ4n) is 2.51. The van der Waals surface area contributed by atoms with Crippen LogP contribution in [0.15, 0.2) is 23.3 Å². The minimum atomic E-state index is 0.423. The Morgan fingerprint density at radius 1 is 1.00 bits per heavy atom. The van der Waals surface area contributed by atoms with Crippen LogP contribution in [0.3, 0.4) is 0 Å². The second-order valence-corrected chi connectivity index (χ2v) is 5.51. The van der Waals surface area contributed by atoms with Crippen LogP contribution in [0, 0.1) is 5.92 Å². The third kappa shape index (κ3) is 5.54. The van der Waals surface area contributed by atoms with E-state index in [4.69, 9.17) is 4.74 Å². The molecular formula is C16H28O. The second-order valence-electron chi connectivity index (χ2n) is 5.51. The largest absolute Gasteiger partial charge is 0.381 e. The Kier molecular flexibility index (Phi) is 6.57. The van der Waals surface area contributed by atoms with Gasteiger partial charge in [0.05, 0.1) is 6.10 Å². The van der Waals surface area contributed by atoms with E-state index in [1.807, 2.05) is 7.11 Å². The molecule has 17 heavy (non-hydrogen) atoms. The third-order valence-corrected chi connectivity index (χ3v) is 3.91. The molecule has 2 atom stereocenters. The molecule has 0 aromatic rings. The molecule has 1 aliphatic rings. The molecule has 0 saturated heterocycles. The summed E-state index contributed by atoms with van der Waals surface area (Å²) in [5.41, 5.74) is 3.07. The van der Waals surface area contributed by atoms with Crippen molar-refractivity contribution in [2.45, 2.75) is 65.4 Å². The summed E-state index contributed by atoms with van der Waals surface area (Å²) >= 11 is 0. The number of hydrogen-bond donors (Lipinski definition) is 0. The Balaban J connectivity index is 2.65. The van der Waals surface area contributed by atoms with Crippen LogP contribution in [0.2, 0.25) is 0 Å². The van der Waals surface area contributed by atoms with Gasteiger partial charge in [-0.1, -0.05) is 30.2 Å². The van der Waals surface area contributed by atoms with Crippen molar-refractivity contribution < 1.29 is 4.74 Å². The monoisotopic (exact) mass is 236 g/mol. The van der Waals surface area contributed by atoms with Gasteiger partial charge in [0.1, 0.15) is 0 Å². The molecule has 1 heteroatoms. The molecule has 0 spiro atoms. The van der Waals surface area contributed by atoms with Gasteiger partial charge in [-0.3, -0.25) is 0 Å². The van der Waals surface area contributed by atoms with Crippen LogP contribution in [-0.2, 0) is 4.74 Å². The van der Waals surface area contributed by atoms with Gasteiger partial charge in [-0.25, -0.2) is 0 Å². The number of ether oxygens (including phenoxy) is 1. The van der Waals surface area contributed by atoms with Crippen LogP contribution in [0.25, 0.3) is 0 Å². The smallest absolute Gasteiger partial charge is 0.0599 e. The summed E-state index contributed by atoms with van der Waals surface area (Å²) in [6.07, 6.45) is 12.5. The lowest BCUT2D eigenvalue weighted by molar-refractivity contribution is 0.0497. The highest BCUT2D eigenvalue weighted by Crippen LogP contribution is 2.22. The van der Waals surface area contributed by atoms with E-state index in [-0.39, 0.29) is 0 Å². The zero-order chi connectivity index (χ0) is 12.7. The molecule has 0 radical (unpaired) electrons. The average molecular weight is 236 g/mol. The highest BCUT2D eigenvalue weighted by Gasteiger charge is 2.15. The van der Waals surface area contributed by atoms with Gasteiger partial charge in [-0.2, -0.15) is 0 Å². The van der Waals surface area contributed by atoms with Crippen molar-refractivity contribution in [3.63, 3.8) is 0 Å². The molecule has 0 heterocycles. The molecule has 2 unspecified atom stereocenters. The Morgan fingerprint density at radius 3 is 2.06 bits per heavy atom. The molecule has 0 aliphatic heterocycles. The van der Waals surface area contributed by atoms with Crippen LogP contribution in [0.4, 0.5) is 0 Å². The highest BCUT2D eigenvalue weighted by molar-refractivity contribution is 5.05. The Labute approximate surface area is 107 Å². The zero-order valence-electron chi connectivity index (χ0n) is 12.0. The Hall–Kier alpha value is -0.560. The van der Waals surface area contributed by atoms with E-state index < -0.39 is 0 Å². The van der Waals surface area contributed by atoms with Crippen molar-refractivity contribution in [3.8, 4) is 0 Å². The molecule has 1 aliphatic carbocycles. The summed E-state index contributed by atoms with van der Waals surface area (Å²) < 4.78 is 5.62. The van der Waals surface area contributed by atoms with Crippen molar-refractivity contribution in [2.75, 3.05) is 7.11 Å². The molecular weight excluding hydrogens is 208 g/mol. The normalized spacial score (nSPS) is 34.8. The van der Waals surface area contributed by atoms with Gasteiger partial charge in [0.25, 0.3) is 0 Å². The van der Waals surface area contributed by atoms with Crippen molar-refractivity contribution in [3.05, 3.63) is 23.3 Å². The number of methoxy groups -OCH3 is 1. The topological polar surface area (TPSA) is 9.23 Å². The summed E-state index contributed by atoms with van der Waals surface area (Å²) in [4.78, 5) is 0. The van der Waals surface area contributed by atoms with Crippen molar-refractivity contribution in [2.24, 2.45) is 5.92 Å². The SMILES string of the molecule is COC1CC/C=C(\C)CC/C(C)=C\CCC1C. The molecule has 0 N–H and O–H groups in total. The molecule has 98 valence electrons. The van der Waals surface area contributed by atoms with E-state index in [2.05, 4.69) is 32.9 Å². The van der Waals surface area contributed by atoms with E-state index in [1.165, 1.54) is 31.3 Å². The summed E-state index contributed by atoms with van der Waals surface area (Å²) in [5.74, 6) is 0.664. The fourth-order valence-corrected chi connectivity index (χ4v) is 2.51. The Morgan fingerprint density at radius 2 is 1.53 bits per heavy atom. The molecule has 0 bridgehead atoms. The summed E-state index contributed by atoms with van der Waals surface area (Å²) in [5, 5.41) is 0. The lowest BCUT2D eigenvalue weighted by atomic mass is 9.93. The lowest BCUT2D eigenvalue weighted by Gasteiger charge is -2.22. The fraction of sp³-hybridized carbons (Fsp3) is 0.750. The maximum atomic E-state index is 5.62. The van der Waals surface area contributed by atoms with Gasteiger partial charge >= 0.3 is 0 Å². The molecule has 0 fully saturated rings. The van der Waals surface area contributed by atoms with Crippen molar-refractivity contribution in [1.29, 1.82) is 0 Å². The van der Waals surface area contributed by atoms with E-state index in [0.29, 0.717) is 12.0 Å². The molecule has 0 aromatic heterocycles. The van der Waals surface area contributed by atoms with Crippen LogP contribution >= 0.6 is 0 Å². The molecule has 0 aromatic carbocycles. The van der Waals surface area contributed by atoms with Crippen LogP contribution in [0.1, 0.15) is 59.3 Å². The summed E-state index contributed by atoms with van der Waals surface area (Å²) in [6, 6.07) is 0. The van der Waals surface area contributed by atoms with Gasteiger partial charge in [-0.15, -0.1) is 0 Å². The summed E-state index contributed by atoms with van der Waals surface area (Å²) in [7, 11) is 1.85.